The number of halogens is 4. The van der Waals surface area contributed by atoms with Crippen LogP contribution in [0.15, 0.2) is 66.1 Å². The maximum absolute atomic E-state index is 13.5. The van der Waals surface area contributed by atoms with E-state index in [0.717, 1.165) is 38.8 Å². The molecule has 3 atom stereocenters. The average Bonchev–Trinajstić information content (AvgIpc) is 3.48. The van der Waals surface area contributed by atoms with Crippen LogP contribution in [0.4, 0.5) is 17.6 Å². The highest BCUT2D eigenvalue weighted by Crippen LogP contribution is 2.47. The monoisotopic (exact) mass is 562 g/mol. The fraction of sp³-hybridized carbons (Fsp3) is 0.429. The van der Waals surface area contributed by atoms with E-state index in [2.05, 4.69) is 10.1 Å². The van der Waals surface area contributed by atoms with E-state index in [1.54, 1.807) is 54.5 Å². The molecule has 2 aliphatic carbocycles. The molecule has 11 heteroatoms. The van der Waals surface area contributed by atoms with Crippen LogP contribution in [0.3, 0.4) is 0 Å². The van der Waals surface area contributed by atoms with E-state index >= 15 is 0 Å². The Bertz CT molecular complexity index is 1470. The average molecular weight is 563 g/mol. The molecule has 0 radical (unpaired) electrons. The zero-order valence-electron chi connectivity index (χ0n) is 21.7. The van der Waals surface area contributed by atoms with Crippen LogP contribution < -0.4 is 0 Å². The highest BCUT2D eigenvalue weighted by atomic mass is 32.2. The maximum Gasteiger partial charge on any atom is 0.404 e. The first-order valence-corrected chi connectivity index (χ1v) is 14.5. The number of benzene rings is 1. The van der Waals surface area contributed by atoms with Crippen molar-refractivity contribution in [3.8, 4) is 5.69 Å². The summed E-state index contributed by atoms with van der Waals surface area (Å²) < 4.78 is 82.3. The molecule has 2 aromatic heterocycles. The zero-order chi connectivity index (χ0) is 27.9. The van der Waals surface area contributed by atoms with Gasteiger partial charge in [-0.3, -0.25) is 4.98 Å². The Balaban J connectivity index is 1.42. The quantitative estimate of drug-likeness (QED) is 0.258. The van der Waals surface area contributed by atoms with Gasteiger partial charge >= 0.3 is 6.18 Å². The molecule has 0 spiro atoms. The summed E-state index contributed by atoms with van der Waals surface area (Å²) in [5.41, 5.74) is 5.79. The molecule has 0 saturated carbocycles. The fourth-order valence-corrected chi connectivity index (χ4v) is 7.45. The van der Waals surface area contributed by atoms with E-state index in [9.17, 15) is 26.0 Å². The van der Waals surface area contributed by atoms with Crippen LogP contribution in [0.5, 0.6) is 0 Å². The molecule has 0 N–H and O–H groups in total. The molecule has 39 heavy (non-hydrogen) atoms. The number of hydrogen-bond donors (Lipinski definition) is 0. The minimum Gasteiger partial charge on any atom is -0.264 e. The number of alkyl halides is 3. The van der Waals surface area contributed by atoms with Crippen LogP contribution in [0.25, 0.3) is 5.69 Å². The van der Waals surface area contributed by atoms with Gasteiger partial charge in [-0.05, 0) is 60.6 Å². The number of pyridine rings is 1. The molecule has 2 heterocycles. The van der Waals surface area contributed by atoms with Crippen molar-refractivity contribution in [1.82, 2.24) is 19.1 Å². The third-order valence-corrected chi connectivity index (χ3v) is 9.60. The first-order valence-electron chi connectivity index (χ1n) is 12.9. The third kappa shape index (κ3) is 5.79. The maximum atomic E-state index is 13.5. The molecule has 3 aromatic rings. The van der Waals surface area contributed by atoms with E-state index in [-0.39, 0.29) is 36.7 Å². The second kappa shape index (κ2) is 10.5. The molecule has 0 saturated heterocycles. The number of nitrogens with zero attached hydrogens (tertiary/aromatic N) is 4. The van der Waals surface area contributed by atoms with Gasteiger partial charge in [0.25, 0.3) is 0 Å². The van der Waals surface area contributed by atoms with Gasteiger partial charge in [0.2, 0.25) is 10.0 Å². The first-order chi connectivity index (χ1) is 18.4. The van der Waals surface area contributed by atoms with Crippen LogP contribution in [-0.4, -0.2) is 52.5 Å². The smallest absolute Gasteiger partial charge is 0.264 e. The molecular formula is C28H30F4N4O2S. The SMILES string of the molecule is CC(CN(C[C@H]1CCC2=C1[C@@H](C)c1cnn(-c3ccc(F)cc3)c1C2)S(=O)(=O)CC(F)(F)F)c1cccnc1. The number of hydrogen-bond acceptors (Lipinski definition) is 4. The van der Waals surface area contributed by atoms with Gasteiger partial charge in [-0.2, -0.15) is 18.3 Å². The van der Waals surface area contributed by atoms with E-state index in [1.165, 1.54) is 17.7 Å². The summed E-state index contributed by atoms with van der Waals surface area (Å²) >= 11 is 0. The van der Waals surface area contributed by atoms with E-state index in [0.29, 0.717) is 12.8 Å². The van der Waals surface area contributed by atoms with Gasteiger partial charge in [0.15, 0.2) is 5.75 Å². The lowest BCUT2D eigenvalue weighted by atomic mass is 9.80. The van der Waals surface area contributed by atoms with Crippen molar-refractivity contribution in [3.05, 3.63) is 88.8 Å². The van der Waals surface area contributed by atoms with Crippen molar-refractivity contribution in [3.63, 3.8) is 0 Å². The van der Waals surface area contributed by atoms with Crippen LogP contribution in [0, 0.1) is 11.7 Å². The summed E-state index contributed by atoms with van der Waals surface area (Å²) in [6, 6.07) is 9.62. The Labute approximate surface area is 225 Å². The Kier molecular flexibility index (Phi) is 7.41. The van der Waals surface area contributed by atoms with Crippen molar-refractivity contribution in [2.24, 2.45) is 5.92 Å². The van der Waals surface area contributed by atoms with Gasteiger partial charge < -0.3 is 0 Å². The highest BCUT2D eigenvalue weighted by Gasteiger charge is 2.42. The predicted molar refractivity (Wildman–Crippen MR) is 139 cm³/mol. The summed E-state index contributed by atoms with van der Waals surface area (Å²) in [6.07, 6.45) is 2.18. The van der Waals surface area contributed by atoms with E-state index in [4.69, 9.17) is 0 Å². The minimum atomic E-state index is -4.84. The number of fused-ring (bicyclic) bond motifs is 1. The molecule has 2 aliphatic rings. The summed E-state index contributed by atoms with van der Waals surface area (Å²) in [4.78, 5) is 4.07. The lowest BCUT2D eigenvalue weighted by Crippen LogP contribution is -2.42. The summed E-state index contributed by atoms with van der Waals surface area (Å²) in [5.74, 6) is -2.81. The van der Waals surface area contributed by atoms with Crippen molar-refractivity contribution in [2.75, 3.05) is 18.8 Å². The van der Waals surface area contributed by atoms with Crippen molar-refractivity contribution < 1.29 is 26.0 Å². The van der Waals surface area contributed by atoms with E-state index < -0.39 is 22.0 Å². The molecule has 208 valence electrons. The predicted octanol–water partition coefficient (Wildman–Crippen LogP) is 5.77. The Morgan fingerprint density at radius 3 is 2.56 bits per heavy atom. The van der Waals surface area contributed by atoms with Crippen molar-refractivity contribution >= 4 is 10.0 Å². The van der Waals surface area contributed by atoms with Gasteiger partial charge in [0.05, 0.1) is 17.6 Å². The lowest BCUT2D eigenvalue weighted by Gasteiger charge is -2.32. The summed E-state index contributed by atoms with van der Waals surface area (Å²) in [7, 11) is -4.60. The number of allylic oxidation sites excluding steroid dienone is 1. The number of rotatable bonds is 8. The second-order valence-electron chi connectivity index (χ2n) is 10.5. The molecule has 0 aliphatic heterocycles. The Hall–Kier alpha value is -3.05. The molecule has 6 nitrogen and oxygen atoms in total. The summed E-state index contributed by atoms with van der Waals surface area (Å²) in [5, 5.41) is 4.54. The Morgan fingerprint density at radius 2 is 1.90 bits per heavy atom. The third-order valence-electron chi connectivity index (χ3n) is 7.82. The van der Waals surface area contributed by atoms with Gasteiger partial charge in [-0.15, -0.1) is 0 Å². The second-order valence-corrected chi connectivity index (χ2v) is 12.5. The molecule has 0 bridgehead atoms. The lowest BCUT2D eigenvalue weighted by molar-refractivity contribution is -0.107. The van der Waals surface area contributed by atoms with Crippen LogP contribution in [0.1, 0.15) is 55.3 Å². The van der Waals surface area contributed by atoms with Gasteiger partial charge in [-0.25, -0.2) is 21.8 Å². The van der Waals surface area contributed by atoms with Crippen LogP contribution in [-0.2, 0) is 16.4 Å². The minimum absolute atomic E-state index is 0.00633. The van der Waals surface area contributed by atoms with Crippen LogP contribution in [0.2, 0.25) is 0 Å². The van der Waals surface area contributed by atoms with E-state index in [1.807, 2.05) is 6.92 Å². The first kappa shape index (κ1) is 27.5. The zero-order valence-corrected chi connectivity index (χ0v) is 22.5. The highest BCUT2D eigenvalue weighted by molar-refractivity contribution is 7.89. The van der Waals surface area contributed by atoms with Gasteiger partial charge in [0, 0.05) is 43.4 Å². The summed E-state index contributed by atoms with van der Waals surface area (Å²) in [6.45, 7) is 3.76. The molecule has 1 aromatic carbocycles. The standard InChI is InChI=1S/C28H30F4N4O2S/c1-18(21-4-3-11-33-13-21)15-35(39(37,38)17-28(30,31)32)16-22-6-5-20-12-26-25(19(2)27(20)22)14-34-36(26)24-9-7-23(29)8-10-24/h3-4,7-11,13-14,18-19,22H,5-6,12,15-17H2,1-2H3/t18?,19-,22+/m0/s1. The molecule has 0 fully saturated rings. The number of aromatic nitrogens is 3. The number of sulfonamides is 1. The molecule has 5 rings (SSSR count). The van der Waals surface area contributed by atoms with Crippen LogP contribution >= 0.6 is 0 Å². The largest absolute Gasteiger partial charge is 0.404 e. The van der Waals surface area contributed by atoms with Crippen molar-refractivity contribution in [1.29, 1.82) is 0 Å². The van der Waals surface area contributed by atoms with Gasteiger partial charge in [-0.1, -0.05) is 31.1 Å². The normalized spacial score (nSPS) is 20.3. The molecule has 1 unspecified atom stereocenters. The Morgan fingerprint density at radius 1 is 1.15 bits per heavy atom. The molecule has 0 amide bonds. The van der Waals surface area contributed by atoms with Crippen molar-refractivity contribution in [2.45, 2.75) is 51.1 Å². The fourth-order valence-electron chi connectivity index (χ4n) is 6.00. The van der Waals surface area contributed by atoms with Gasteiger partial charge in [0.1, 0.15) is 5.82 Å². The molecular weight excluding hydrogens is 532 g/mol. The topological polar surface area (TPSA) is 68.1 Å².